The van der Waals surface area contributed by atoms with E-state index in [1.54, 1.807) is 0 Å². The summed E-state index contributed by atoms with van der Waals surface area (Å²) in [6, 6.07) is 0. The number of carboxylic acids is 1. The molecule has 0 amide bonds. The monoisotopic (exact) mass is 121 g/mol. The van der Waals surface area contributed by atoms with Crippen LogP contribution in [0.4, 0.5) is 0 Å². The van der Waals surface area contributed by atoms with Crippen molar-refractivity contribution >= 4 is 5.97 Å². The first-order valence-electron chi connectivity index (χ1n) is 2.00. The highest BCUT2D eigenvalue weighted by molar-refractivity contribution is 5.66. The van der Waals surface area contributed by atoms with Crippen LogP contribution in [0.5, 0.6) is 0 Å². The summed E-state index contributed by atoms with van der Waals surface area (Å²) in [4.78, 5) is 9.65. The van der Waals surface area contributed by atoms with Crippen molar-refractivity contribution in [2.75, 3.05) is 6.54 Å². The number of nitrogens with zero attached hydrogens (tertiary/aromatic N) is 1. The normalized spacial score (nSPS) is 9.88. The third-order valence-electron chi connectivity index (χ3n) is 0.526. The van der Waals surface area contributed by atoms with E-state index in [1.807, 2.05) is 0 Å². The molecule has 3 N–H and O–H groups in total. The second-order valence-corrected chi connectivity index (χ2v) is 1.24. The lowest BCUT2D eigenvalue weighted by molar-refractivity contribution is -0.306. The Balaban J connectivity index is 3.05. The number of hydroxylamine groups is 2. The van der Waals surface area contributed by atoms with Gasteiger partial charge in [-0.25, -0.2) is 0 Å². The van der Waals surface area contributed by atoms with Crippen molar-refractivity contribution in [3.05, 3.63) is 0 Å². The molecule has 0 atom stereocenters. The number of carbonyl (C=O) groups is 1. The third kappa shape index (κ3) is 5.35. The molecule has 0 aromatic carbocycles. The Hall–Kier alpha value is -0.650. The predicted octanol–water partition coefficient (Wildman–Crippen LogP) is -0.458. The van der Waals surface area contributed by atoms with E-state index in [-0.39, 0.29) is 18.2 Å². The van der Waals surface area contributed by atoms with Crippen molar-refractivity contribution in [1.82, 2.24) is 5.23 Å². The summed E-state index contributed by atoms with van der Waals surface area (Å²) >= 11 is 0. The molecule has 5 nitrogen and oxygen atoms in total. The molecule has 0 aromatic rings. The molecule has 0 spiro atoms. The van der Waals surface area contributed by atoms with Gasteiger partial charge in [-0.1, -0.05) is 5.23 Å². The van der Waals surface area contributed by atoms with Gasteiger partial charge in [-0.3, -0.25) is 15.2 Å². The average molecular weight is 121 g/mol. The van der Waals surface area contributed by atoms with Gasteiger partial charge in [0.05, 0.1) is 13.0 Å². The first kappa shape index (κ1) is 7.35. The van der Waals surface area contributed by atoms with Crippen LogP contribution in [-0.2, 0) is 4.79 Å². The minimum atomic E-state index is -1.06. The van der Waals surface area contributed by atoms with Crippen LogP contribution < -0.4 is 0 Å². The lowest BCUT2D eigenvalue weighted by atomic mass is 10.4. The zero-order valence-corrected chi connectivity index (χ0v) is 4.11. The number of carboxylic acid groups (broad SMARTS) is 1. The summed E-state index contributed by atoms with van der Waals surface area (Å²) in [7, 11) is 0. The molecule has 5 heteroatoms. The smallest absolute Gasteiger partial charge is 0.304 e. The quantitative estimate of drug-likeness (QED) is 0.440. The lowest BCUT2D eigenvalue weighted by Crippen LogP contribution is -2.17. The van der Waals surface area contributed by atoms with E-state index in [9.17, 15) is 4.79 Å². The average Bonchev–Trinajstić information content (AvgIpc) is 1.61. The van der Waals surface area contributed by atoms with Crippen LogP contribution in [0.2, 0.25) is 0 Å². The number of aliphatic carboxylic acids is 1. The molecule has 0 aromatic heterocycles. The maximum atomic E-state index is 9.65. The Bertz CT molecular complexity index is 81.4. The summed E-state index contributed by atoms with van der Waals surface area (Å²) in [5.41, 5.74) is 0. The van der Waals surface area contributed by atoms with Crippen molar-refractivity contribution in [1.29, 1.82) is 0 Å². The largest absolute Gasteiger partial charge is 0.481 e. The van der Waals surface area contributed by atoms with Crippen molar-refractivity contribution in [2.24, 2.45) is 0 Å². The Morgan fingerprint density at radius 3 is 2.12 bits per heavy atom. The van der Waals surface area contributed by atoms with Gasteiger partial charge in [-0.15, -0.1) is 0 Å². The molecule has 0 fully saturated rings. The molecule has 48 valence electrons. The third-order valence-corrected chi connectivity index (χ3v) is 0.526. The van der Waals surface area contributed by atoms with Crippen molar-refractivity contribution < 1.29 is 20.3 Å². The summed E-state index contributed by atoms with van der Waals surface area (Å²) in [6.07, 6.45) is -0.271. The summed E-state index contributed by atoms with van der Waals surface area (Å²) < 4.78 is 0. The van der Waals surface area contributed by atoms with Crippen LogP contribution >= 0.6 is 0 Å². The van der Waals surface area contributed by atoms with Gasteiger partial charge in [0.2, 0.25) is 0 Å². The SMILES string of the molecule is O=C(O)CCN(O)O. The maximum absolute atomic E-state index is 9.65. The van der Waals surface area contributed by atoms with Crippen LogP contribution in [0, 0.1) is 0 Å². The standard InChI is InChI=1S/C3H7NO4/c5-3(6)1-2-4(7)8/h7-8H,1-2H2,(H,5,6). The van der Waals surface area contributed by atoms with Crippen molar-refractivity contribution in [3.63, 3.8) is 0 Å². The molecule has 0 unspecified atom stereocenters. The molecule has 0 heterocycles. The van der Waals surface area contributed by atoms with Gasteiger partial charge in [0.1, 0.15) is 0 Å². The van der Waals surface area contributed by atoms with Gasteiger partial charge in [0.15, 0.2) is 0 Å². The molecule has 0 bridgehead atoms. The molecule has 0 saturated heterocycles. The van der Waals surface area contributed by atoms with E-state index < -0.39 is 5.97 Å². The predicted molar refractivity (Wildman–Crippen MR) is 22.5 cm³/mol. The van der Waals surface area contributed by atoms with E-state index in [1.165, 1.54) is 0 Å². The number of hydrogen-bond donors (Lipinski definition) is 3. The molecule has 0 aliphatic heterocycles. The highest BCUT2D eigenvalue weighted by Gasteiger charge is 1.98. The first-order valence-corrected chi connectivity index (χ1v) is 2.00. The second-order valence-electron chi connectivity index (χ2n) is 1.24. The van der Waals surface area contributed by atoms with Gasteiger partial charge in [-0.2, -0.15) is 0 Å². The van der Waals surface area contributed by atoms with E-state index in [0.717, 1.165) is 0 Å². The van der Waals surface area contributed by atoms with E-state index in [0.29, 0.717) is 0 Å². The van der Waals surface area contributed by atoms with Crippen LogP contribution in [0.25, 0.3) is 0 Å². The summed E-state index contributed by atoms with van der Waals surface area (Å²) in [5.74, 6) is -1.06. The molecule has 0 aliphatic carbocycles. The van der Waals surface area contributed by atoms with Crippen LogP contribution in [0.3, 0.4) is 0 Å². The van der Waals surface area contributed by atoms with Gasteiger partial charge < -0.3 is 5.11 Å². The molecule has 8 heavy (non-hydrogen) atoms. The van der Waals surface area contributed by atoms with Crippen molar-refractivity contribution in [3.8, 4) is 0 Å². The fourth-order valence-electron chi connectivity index (χ4n) is 0.196. The van der Waals surface area contributed by atoms with Gasteiger partial charge in [-0.05, 0) is 0 Å². The molecule has 0 aliphatic rings. The van der Waals surface area contributed by atoms with E-state index in [2.05, 4.69) is 0 Å². The van der Waals surface area contributed by atoms with Gasteiger partial charge >= 0.3 is 5.97 Å². The zero-order valence-electron chi connectivity index (χ0n) is 4.11. The Morgan fingerprint density at radius 1 is 1.50 bits per heavy atom. The van der Waals surface area contributed by atoms with E-state index in [4.69, 9.17) is 15.5 Å². The molecular formula is C3H7NO4. The number of hydrogen-bond acceptors (Lipinski definition) is 4. The highest BCUT2D eigenvalue weighted by Crippen LogP contribution is 1.79. The van der Waals surface area contributed by atoms with Crippen LogP contribution in [0.15, 0.2) is 0 Å². The van der Waals surface area contributed by atoms with Crippen LogP contribution in [-0.4, -0.2) is 33.3 Å². The summed E-state index contributed by atoms with van der Waals surface area (Å²) in [6.45, 7) is -0.269. The Morgan fingerprint density at radius 2 is 2.00 bits per heavy atom. The molecule has 0 radical (unpaired) electrons. The van der Waals surface area contributed by atoms with Gasteiger partial charge in [0.25, 0.3) is 0 Å². The topological polar surface area (TPSA) is 81.0 Å². The first-order chi connectivity index (χ1) is 3.63. The Labute approximate surface area is 45.7 Å². The summed E-state index contributed by atoms with van der Waals surface area (Å²) in [5, 5.41) is 23.6. The minimum Gasteiger partial charge on any atom is -0.481 e. The van der Waals surface area contributed by atoms with Gasteiger partial charge in [0, 0.05) is 0 Å². The highest BCUT2D eigenvalue weighted by atomic mass is 16.8. The molecule has 0 saturated carbocycles. The lowest BCUT2D eigenvalue weighted by Gasteiger charge is -2.00. The van der Waals surface area contributed by atoms with Crippen LogP contribution in [0.1, 0.15) is 6.42 Å². The molecule has 0 rings (SSSR count). The zero-order chi connectivity index (χ0) is 6.57. The fraction of sp³-hybridized carbons (Fsp3) is 0.667. The minimum absolute atomic E-state index is 0.159. The van der Waals surface area contributed by atoms with E-state index >= 15 is 0 Å². The number of rotatable bonds is 3. The molecular weight excluding hydrogens is 114 g/mol. The second kappa shape index (κ2) is 3.36. The maximum Gasteiger partial charge on any atom is 0.304 e. The Kier molecular flexibility index (Phi) is 3.09. The van der Waals surface area contributed by atoms with Crippen molar-refractivity contribution in [2.45, 2.75) is 6.42 Å². The fourth-order valence-corrected chi connectivity index (χ4v) is 0.196.